The molecular weight excluding hydrogens is 174 g/mol. The van der Waals surface area contributed by atoms with Crippen LogP contribution >= 0.6 is 0 Å². The number of hydrogen-bond acceptors (Lipinski definition) is 3. The molecule has 0 aromatic carbocycles. The molecule has 0 bridgehead atoms. The number of nitrogens with zero attached hydrogens (tertiary/aromatic N) is 3. The Morgan fingerprint density at radius 3 is 2.43 bits per heavy atom. The van der Waals surface area contributed by atoms with E-state index < -0.39 is 0 Å². The first-order chi connectivity index (χ1) is 6.92. The highest BCUT2D eigenvalue weighted by atomic mass is 14.6. The lowest BCUT2D eigenvalue weighted by Gasteiger charge is -2.01. The van der Waals surface area contributed by atoms with E-state index in [4.69, 9.17) is 5.26 Å². The van der Waals surface area contributed by atoms with E-state index in [0.717, 1.165) is 11.1 Å². The van der Waals surface area contributed by atoms with Gasteiger partial charge in [-0.05, 0) is 23.8 Å². The summed E-state index contributed by atoms with van der Waals surface area (Å²) in [5.74, 6) is 0. The maximum Gasteiger partial charge on any atom is 0.0999 e. The molecule has 2 aromatic heterocycles. The predicted octanol–water partition coefficient (Wildman–Crippen LogP) is 2.02. The van der Waals surface area contributed by atoms with Gasteiger partial charge in [-0.25, -0.2) is 0 Å². The van der Waals surface area contributed by atoms with E-state index in [9.17, 15) is 0 Å². The van der Waals surface area contributed by atoms with Crippen LogP contribution in [-0.2, 0) is 0 Å². The van der Waals surface area contributed by atoms with Crippen LogP contribution in [-0.4, -0.2) is 9.97 Å². The Balaban J connectivity index is 2.58. The largest absolute Gasteiger partial charge is 0.265 e. The van der Waals surface area contributed by atoms with Gasteiger partial charge in [-0.2, -0.15) is 5.26 Å². The average molecular weight is 181 g/mol. The molecule has 0 spiro atoms. The number of rotatable bonds is 1. The van der Waals surface area contributed by atoms with E-state index in [1.165, 1.54) is 0 Å². The molecule has 0 amide bonds. The van der Waals surface area contributed by atoms with Gasteiger partial charge in [0, 0.05) is 30.4 Å². The van der Waals surface area contributed by atoms with Gasteiger partial charge in [0.2, 0.25) is 0 Å². The molecule has 3 nitrogen and oxygen atoms in total. The van der Waals surface area contributed by atoms with Gasteiger partial charge in [-0.15, -0.1) is 0 Å². The Morgan fingerprint density at radius 1 is 1.00 bits per heavy atom. The molecule has 66 valence electrons. The molecule has 0 saturated heterocycles. The zero-order valence-electron chi connectivity index (χ0n) is 7.38. The minimum Gasteiger partial charge on any atom is -0.265 e. The summed E-state index contributed by atoms with van der Waals surface area (Å²) in [5, 5.41) is 8.89. The summed E-state index contributed by atoms with van der Waals surface area (Å²) in [4.78, 5) is 7.92. The van der Waals surface area contributed by atoms with E-state index in [2.05, 4.69) is 16.0 Å². The van der Waals surface area contributed by atoms with Crippen molar-refractivity contribution in [1.29, 1.82) is 5.26 Å². The SMILES string of the molecule is N#Cc1ccncc1-c1ccncc1. The number of pyridine rings is 2. The second kappa shape index (κ2) is 3.67. The molecule has 0 unspecified atom stereocenters. The van der Waals surface area contributed by atoms with E-state index in [1.807, 2.05) is 12.1 Å². The van der Waals surface area contributed by atoms with Crippen molar-refractivity contribution >= 4 is 0 Å². The fraction of sp³-hybridized carbons (Fsp3) is 0. The molecule has 2 rings (SSSR count). The Morgan fingerprint density at radius 2 is 1.71 bits per heavy atom. The lowest BCUT2D eigenvalue weighted by molar-refractivity contribution is 1.29. The van der Waals surface area contributed by atoms with Crippen molar-refractivity contribution in [2.45, 2.75) is 0 Å². The van der Waals surface area contributed by atoms with Crippen LogP contribution in [0.15, 0.2) is 43.0 Å². The topological polar surface area (TPSA) is 49.6 Å². The van der Waals surface area contributed by atoms with Gasteiger partial charge in [-0.3, -0.25) is 9.97 Å². The molecule has 2 heterocycles. The Kier molecular flexibility index (Phi) is 2.20. The van der Waals surface area contributed by atoms with Crippen molar-refractivity contribution in [2.24, 2.45) is 0 Å². The Bertz CT molecular complexity index is 471. The standard InChI is InChI=1S/C11H7N3/c12-7-10-3-6-14-8-11(10)9-1-4-13-5-2-9/h1-6,8H. The van der Waals surface area contributed by atoms with Gasteiger partial charge < -0.3 is 0 Å². The third-order valence-electron chi connectivity index (χ3n) is 1.93. The highest BCUT2D eigenvalue weighted by molar-refractivity contribution is 5.68. The van der Waals surface area contributed by atoms with Gasteiger partial charge >= 0.3 is 0 Å². The number of nitriles is 1. The first-order valence-corrected chi connectivity index (χ1v) is 4.16. The summed E-state index contributed by atoms with van der Waals surface area (Å²) in [6.45, 7) is 0. The first kappa shape index (κ1) is 8.39. The van der Waals surface area contributed by atoms with Crippen LogP contribution < -0.4 is 0 Å². The molecule has 0 N–H and O–H groups in total. The quantitative estimate of drug-likeness (QED) is 0.676. The summed E-state index contributed by atoms with van der Waals surface area (Å²) in [5.41, 5.74) is 2.44. The van der Waals surface area contributed by atoms with Crippen LogP contribution in [0.1, 0.15) is 5.56 Å². The predicted molar refractivity (Wildman–Crippen MR) is 52.2 cm³/mol. The average Bonchev–Trinajstić information content (AvgIpc) is 2.30. The van der Waals surface area contributed by atoms with Crippen molar-refractivity contribution in [1.82, 2.24) is 9.97 Å². The summed E-state index contributed by atoms with van der Waals surface area (Å²) >= 11 is 0. The molecule has 0 saturated carbocycles. The van der Waals surface area contributed by atoms with Gasteiger partial charge in [0.1, 0.15) is 0 Å². The van der Waals surface area contributed by atoms with Crippen molar-refractivity contribution in [3.8, 4) is 17.2 Å². The van der Waals surface area contributed by atoms with Crippen LogP contribution in [0, 0.1) is 11.3 Å². The molecule has 2 aromatic rings. The molecule has 0 atom stereocenters. The monoisotopic (exact) mass is 181 g/mol. The highest BCUT2D eigenvalue weighted by Crippen LogP contribution is 2.20. The van der Waals surface area contributed by atoms with Crippen molar-refractivity contribution in [3.63, 3.8) is 0 Å². The van der Waals surface area contributed by atoms with E-state index in [-0.39, 0.29) is 0 Å². The molecule has 0 radical (unpaired) electrons. The van der Waals surface area contributed by atoms with Crippen LogP contribution in [0.2, 0.25) is 0 Å². The lowest BCUT2D eigenvalue weighted by Crippen LogP contribution is -1.85. The lowest BCUT2D eigenvalue weighted by atomic mass is 10.0. The summed E-state index contributed by atoms with van der Waals surface area (Å²) in [7, 11) is 0. The maximum absolute atomic E-state index is 8.89. The minimum absolute atomic E-state index is 0.631. The zero-order valence-corrected chi connectivity index (χ0v) is 7.38. The highest BCUT2D eigenvalue weighted by Gasteiger charge is 2.02. The molecule has 14 heavy (non-hydrogen) atoms. The minimum atomic E-state index is 0.631. The number of aromatic nitrogens is 2. The zero-order chi connectivity index (χ0) is 9.80. The molecule has 0 aliphatic carbocycles. The van der Waals surface area contributed by atoms with E-state index in [1.54, 1.807) is 30.9 Å². The summed E-state index contributed by atoms with van der Waals surface area (Å²) in [6, 6.07) is 7.56. The number of hydrogen-bond donors (Lipinski definition) is 0. The molecule has 3 heteroatoms. The second-order valence-corrected chi connectivity index (χ2v) is 2.77. The Labute approximate surface area is 81.7 Å². The summed E-state index contributed by atoms with van der Waals surface area (Å²) < 4.78 is 0. The molecule has 0 aliphatic rings. The van der Waals surface area contributed by atoms with Crippen LogP contribution in [0.3, 0.4) is 0 Å². The van der Waals surface area contributed by atoms with E-state index in [0.29, 0.717) is 5.56 Å². The first-order valence-electron chi connectivity index (χ1n) is 4.16. The summed E-state index contributed by atoms with van der Waals surface area (Å²) in [6.07, 6.45) is 6.70. The van der Waals surface area contributed by atoms with Crippen LogP contribution in [0.5, 0.6) is 0 Å². The molecule has 0 fully saturated rings. The third-order valence-corrected chi connectivity index (χ3v) is 1.93. The van der Waals surface area contributed by atoms with Gasteiger partial charge in [0.25, 0.3) is 0 Å². The second-order valence-electron chi connectivity index (χ2n) is 2.77. The smallest absolute Gasteiger partial charge is 0.0999 e. The Hall–Kier alpha value is -2.21. The van der Waals surface area contributed by atoms with Crippen LogP contribution in [0.25, 0.3) is 11.1 Å². The van der Waals surface area contributed by atoms with Crippen molar-refractivity contribution in [3.05, 3.63) is 48.5 Å². The van der Waals surface area contributed by atoms with Gasteiger partial charge in [0.05, 0.1) is 11.6 Å². The fourth-order valence-corrected chi connectivity index (χ4v) is 1.25. The van der Waals surface area contributed by atoms with Gasteiger partial charge in [-0.1, -0.05) is 0 Å². The fourth-order valence-electron chi connectivity index (χ4n) is 1.25. The van der Waals surface area contributed by atoms with Crippen LogP contribution in [0.4, 0.5) is 0 Å². The van der Waals surface area contributed by atoms with Crippen molar-refractivity contribution < 1.29 is 0 Å². The molecular formula is C11H7N3. The third kappa shape index (κ3) is 1.46. The molecule has 0 aliphatic heterocycles. The van der Waals surface area contributed by atoms with E-state index >= 15 is 0 Å². The van der Waals surface area contributed by atoms with Crippen molar-refractivity contribution in [2.75, 3.05) is 0 Å². The normalized spacial score (nSPS) is 9.36. The maximum atomic E-state index is 8.89. The van der Waals surface area contributed by atoms with Gasteiger partial charge in [0.15, 0.2) is 0 Å².